The Kier molecular flexibility index (Phi) is 7.16. The fourth-order valence-electron chi connectivity index (χ4n) is 3.20. The summed E-state index contributed by atoms with van der Waals surface area (Å²) in [5.74, 6) is -1.63. The minimum Gasteiger partial charge on any atom is -0.491 e. The van der Waals surface area contributed by atoms with E-state index in [4.69, 9.17) is 4.74 Å². The van der Waals surface area contributed by atoms with Crippen molar-refractivity contribution in [3.05, 3.63) is 88.7 Å². The average molecular weight is 459 g/mol. The van der Waals surface area contributed by atoms with Crippen LogP contribution in [0.5, 0.6) is 5.75 Å². The Bertz CT molecular complexity index is 1170. The molecule has 33 heavy (non-hydrogen) atoms. The van der Waals surface area contributed by atoms with Crippen molar-refractivity contribution in [2.24, 2.45) is 0 Å². The van der Waals surface area contributed by atoms with E-state index in [1.54, 1.807) is 30.3 Å². The van der Waals surface area contributed by atoms with E-state index in [1.807, 2.05) is 26.0 Å². The molecule has 0 atom stereocenters. The number of nitrogens with one attached hydrogen (secondary N) is 1. The number of carbonyl (C=O) groups is 2. The molecule has 4 nitrogen and oxygen atoms in total. The number of amides is 1. The summed E-state index contributed by atoms with van der Waals surface area (Å²) in [5, 5.41) is 2.53. The van der Waals surface area contributed by atoms with Crippen molar-refractivity contribution in [1.82, 2.24) is 5.32 Å². The molecule has 172 valence electrons. The molecule has 8 heteroatoms. The first-order chi connectivity index (χ1) is 15.6. The van der Waals surface area contributed by atoms with Crippen LogP contribution >= 0.6 is 0 Å². The fourth-order valence-corrected chi connectivity index (χ4v) is 3.20. The fraction of sp³-hybridized carbons (Fsp3) is 0.200. The molecule has 0 aliphatic carbocycles. The molecule has 3 rings (SSSR count). The van der Waals surface area contributed by atoms with Gasteiger partial charge in [-0.15, -0.1) is 0 Å². The number of hydrogen-bond donors (Lipinski definition) is 1. The van der Waals surface area contributed by atoms with Crippen LogP contribution in [0.15, 0.2) is 60.7 Å². The Labute approximate surface area is 188 Å². The van der Waals surface area contributed by atoms with E-state index in [9.17, 15) is 27.2 Å². The number of halogens is 4. The first-order valence-electron chi connectivity index (χ1n) is 10.1. The molecule has 1 N–H and O–H groups in total. The smallest absolute Gasteiger partial charge is 0.416 e. The van der Waals surface area contributed by atoms with Crippen LogP contribution in [0, 0.1) is 5.82 Å². The number of benzene rings is 3. The van der Waals surface area contributed by atoms with Crippen molar-refractivity contribution in [1.29, 1.82) is 0 Å². The van der Waals surface area contributed by atoms with Crippen LogP contribution in [0.25, 0.3) is 11.1 Å². The van der Waals surface area contributed by atoms with Crippen LogP contribution in [-0.4, -0.2) is 18.3 Å². The molecule has 3 aromatic carbocycles. The summed E-state index contributed by atoms with van der Waals surface area (Å²) in [4.78, 5) is 23.5. The molecular weight excluding hydrogens is 438 g/mol. The zero-order valence-electron chi connectivity index (χ0n) is 17.9. The maximum absolute atomic E-state index is 14.2. The van der Waals surface area contributed by atoms with Crippen LogP contribution in [-0.2, 0) is 12.7 Å². The predicted molar refractivity (Wildman–Crippen MR) is 116 cm³/mol. The second kappa shape index (κ2) is 9.85. The Balaban J connectivity index is 1.86. The minimum atomic E-state index is -4.71. The van der Waals surface area contributed by atoms with Gasteiger partial charge in [-0.1, -0.05) is 24.3 Å². The maximum Gasteiger partial charge on any atom is 0.416 e. The molecule has 0 saturated heterocycles. The van der Waals surface area contributed by atoms with Crippen LogP contribution in [0.1, 0.15) is 45.7 Å². The van der Waals surface area contributed by atoms with E-state index in [0.717, 1.165) is 23.5 Å². The van der Waals surface area contributed by atoms with Gasteiger partial charge in [-0.3, -0.25) is 9.59 Å². The monoisotopic (exact) mass is 459 g/mol. The van der Waals surface area contributed by atoms with Crippen molar-refractivity contribution in [3.8, 4) is 16.9 Å². The predicted octanol–water partition coefficient (Wildman–Crippen LogP) is 6.04. The van der Waals surface area contributed by atoms with Gasteiger partial charge in [0.1, 0.15) is 17.9 Å². The highest BCUT2D eigenvalue weighted by Gasteiger charge is 2.31. The molecular formula is C25H21F4NO3. The number of ether oxygens (including phenoxy) is 1. The van der Waals surface area contributed by atoms with Gasteiger partial charge in [0.05, 0.1) is 17.2 Å². The lowest BCUT2D eigenvalue weighted by atomic mass is 10.0. The third-order valence-electron chi connectivity index (χ3n) is 4.76. The lowest BCUT2D eigenvalue weighted by molar-refractivity contribution is -0.137. The number of alkyl halides is 3. The van der Waals surface area contributed by atoms with Crippen LogP contribution in [0.2, 0.25) is 0 Å². The lowest BCUT2D eigenvalue weighted by Gasteiger charge is -2.17. The van der Waals surface area contributed by atoms with Crippen LogP contribution < -0.4 is 10.1 Å². The third kappa shape index (κ3) is 5.97. The van der Waals surface area contributed by atoms with Crippen molar-refractivity contribution in [2.45, 2.75) is 32.7 Å². The second-order valence-corrected chi connectivity index (χ2v) is 7.61. The normalized spacial score (nSPS) is 11.4. The molecule has 0 fully saturated rings. The summed E-state index contributed by atoms with van der Waals surface area (Å²) in [6.45, 7) is 3.62. The van der Waals surface area contributed by atoms with Crippen molar-refractivity contribution in [3.63, 3.8) is 0 Å². The molecule has 0 saturated carbocycles. The van der Waals surface area contributed by atoms with Gasteiger partial charge in [-0.05, 0) is 61.4 Å². The average Bonchev–Trinajstić information content (AvgIpc) is 2.77. The van der Waals surface area contributed by atoms with Gasteiger partial charge in [0.15, 0.2) is 0 Å². The van der Waals surface area contributed by atoms with Gasteiger partial charge >= 0.3 is 6.18 Å². The molecule has 0 spiro atoms. The first-order valence-corrected chi connectivity index (χ1v) is 10.1. The van der Waals surface area contributed by atoms with Crippen molar-refractivity contribution in [2.75, 3.05) is 0 Å². The molecule has 0 aliphatic rings. The van der Waals surface area contributed by atoms with E-state index in [-0.39, 0.29) is 12.6 Å². The highest BCUT2D eigenvalue weighted by atomic mass is 19.4. The van der Waals surface area contributed by atoms with Crippen molar-refractivity contribution < 1.29 is 31.9 Å². The summed E-state index contributed by atoms with van der Waals surface area (Å²) in [6.07, 6.45) is -4.13. The molecule has 0 aliphatic heterocycles. The zero-order valence-corrected chi connectivity index (χ0v) is 17.9. The van der Waals surface area contributed by atoms with E-state index in [2.05, 4.69) is 5.32 Å². The summed E-state index contributed by atoms with van der Waals surface area (Å²) < 4.78 is 58.2. The zero-order chi connectivity index (χ0) is 24.2. The van der Waals surface area contributed by atoms with Crippen molar-refractivity contribution >= 4 is 12.2 Å². The number of aldehydes is 1. The van der Waals surface area contributed by atoms with Gasteiger partial charge in [0.25, 0.3) is 5.91 Å². The molecule has 0 aromatic heterocycles. The Morgan fingerprint density at radius 3 is 2.39 bits per heavy atom. The lowest BCUT2D eigenvalue weighted by Crippen LogP contribution is -2.24. The highest BCUT2D eigenvalue weighted by Crippen LogP contribution is 2.31. The molecule has 3 aromatic rings. The van der Waals surface area contributed by atoms with E-state index in [0.29, 0.717) is 29.0 Å². The standard InChI is InChI=1S/C25H21F4NO3/c1-15(2)33-23-9-6-18(17-5-3-4-16(10-17)14-31)11-19(23)13-30-24(32)21-8-7-20(12-22(21)26)25(27,28)29/h3-12,14-15H,13H2,1-2H3,(H,30,32). The SMILES string of the molecule is CC(C)Oc1ccc(-c2cccc(C=O)c2)cc1CNC(=O)c1ccc(C(F)(F)F)cc1F. The summed E-state index contributed by atoms with van der Waals surface area (Å²) in [7, 11) is 0. The quantitative estimate of drug-likeness (QED) is 0.346. The number of hydrogen-bond acceptors (Lipinski definition) is 3. The van der Waals surface area contributed by atoms with E-state index in [1.165, 1.54) is 0 Å². The van der Waals surface area contributed by atoms with Gasteiger partial charge in [0, 0.05) is 17.7 Å². The topological polar surface area (TPSA) is 55.4 Å². The summed E-state index contributed by atoms with van der Waals surface area (Å²) in [5.41, 5.74) is 0.955. The summed E-state index contributed by atoms with van der Waals surface area (Å²) >= 11 is 0. The Hall–Kier alpha value is -3.68. The van der Waals surface area contributed by atoms with E-state index < -0.39 is 29.0 Å². The molecule has 0 radical (unpaired) electrons. The number of rotatable bonds is 7. The third-order valence-corrected chi connectivity index (χ3v) is 4.76. The van der Waals surface area contributed by atoms with Crippen LogP contribution in [0.3, 0.4) is 0 Å². The molecule has 0 bridgehead atoms. The maximum atomic E-state index is 14.2. The number of carbonyl (C=O) groups excluding carboxylic acids is 2. The van der Waals surface area contributed by atoms with Gasteiger partial charge in [-0.2, -0.15) is 13.2 Å². The minimum absolute atomic E-state index is 0.0530. The molecule has 1 amide bonds. The second-order valence-electron chi connectivity index (χ2n) is 7.61. The molecule has 0 unspecified atom stereocenters. The Morgan fingerprint density at radius 2 is 1.76 bits per heavy atom. The first kappa shape index (κ1) is 24.0. The van der Waals surface area contributed by atoms with Crippen LogP contribution in [0.4, 0.5) is 17.6 Å². The van der Waals surface area contributed by atoms with Gasteiger partial charge < -0.3 is 10.1 Å². The van der Waals surface area contributed by atoms with Gasteiger partial charge in [0.2, 0.25) is 0 Å². The summed E-state index contributed by atoms with van der Waals surface area (Å²) in [6, 6.07) is 14.0. The van der Waals surface area contributed by atoms with Gasteiger partial charge in [-0.25, -0.2) is 4.39 Å². The van der Waals surface area contributed by atoms with E-state index >= 15 is 0 Å². The largest absolute Gasteiger partial charge is 0.491 e. The molecule has 0 heterocycles. The Morgan fingerprint density at radius 1 is 1.03 bits per heavy atom. The highest BCUT2D eigenvalue weighted by molar-refractivity contribution is 5.94.